The number of aromatic nitrogens is 2. The van der Waals surface area contributed by atoms with Crippen LogP contribution in [0.15, 0.2) is 41.2 Å². The van der Waals surface area contributed by atoms with Gasteiger partial charge in [-0.1, -0.05) is 17.7 Å². The molecular weight excluding hydrogens is 316 g/mol. The van der Waals surface area contributed by atoms with E-state index >= 15 is 0 Å². The van der Waals surface area contributed by atoms with Crippen LogP contribution in [0.1, 0.15) is 10.5 Å². The number of carbonyl (C=O) groups is 1. The van der Waals surface area contributed by atoms with Crippen LogP contribution >= 0.6 is 11.6 Å². The summed E-state index contributed by atoms with van der Waals surface area (Å²) in [5.74, 6) is -0.147. The van der Waals surface area contributed by atoms with Gasteiger partial charge in [0.2, 0.25) is 0 Å². The molecule has 1 aliphatic rings. The summed E-state index contributed by atoms with van der Waals surface area (Å²) in [6.45, 7) is 2.68. The van der Waals surface area contributed by atoms with Crippen LogP contribution in [-0.2, 0) is 7.05 Å². The molecule has 1 saturated heterocycles. The van der Waals surface area contributed by atoms with E-state index in [1.165, 1.54) is 23.9 Å². The molecule has 0 aliphatic carbocycles. The van der Waals surface area contributed by atoms with Gasteiger partial charge in [0.15, 0.2) is 0 Å². The second-order valence-electron chi connectivity index (χ2n) is 5.44. The monoisotopic (exact) mass is 332 g/mol. The molecule has 0 atom stereocenters. The summed E-state index contributed by atoms with van der Waals surface area (Å²) in [6.07, 6.45) is 0. The lowest BCUT2D eigenvalue weighted by Crippen LogP contribution is -2.49. The zero-order valence-electron chi connectivity index (χ0n) is 12.8. The third-order valence-electron chi connectivity index (χ3n) is 3.92. The highest BCUT2D eigenvalue weighted by molar-refractivity contribution is 6.30. The normalized spacial score (nSPS) is 14.9. The molecule has 1 aromatic carbocycles. The van der Waals surface area contributed by atoms with Crippen LogP contribution < -0.4 is 10.5 Å². The second kappa shape index (κ2) is 6.42. The zero-order valence-corrected chi connectivity index (χ0v) is 13.5. The van der Waals surface area contributed by atoms with Gasteiger partial charge in [-0.15, -0.1) is 0 Å². The molecule has 7 heteroatoms. The summed E-state index contributed by atoms with van der Waals surface area (Å²) in [4.78, 5) is 27.8. The Hall–Kier alpha value is -2.34. The fraction of sp³-hybridized carbons (Fsp3) is 0.312. The van der Waals surface area contributed by atoms with Crippen molar-refractivity contribution >= 4 is 23.2 Å². The van der Waals surface area contributed by atoms with Gasteiger partial charge in [-0.2, -0.15) is 5.10 Å². The van der Waals surface area contributed by atoms with Crippen LogP contribution in [0.3, 0.4) is 0 Å². The van der Waals surface area contributed by atoms with E-state index in [-0.39, 0.29) is 11.5 Å². The molecule has 1 aliphatic heterocycles. The van der Waals surface area contributed by atoms with E-state index in [4.69, 9.17) is 11.6 Å². The molecule has 23 heavy (non-hydrogen) atoms. The summed E-state index contributed by atoms with van der Waals surface area (Å²) in [6, 6.07) is 10.5. The molecule has 1 fully saturated rings. The molecule has 6 nitrogen and oxygen atoms in total. The van der Waals surface area contributed by atoms with Crippen molar-refractivity contribution in [3.8, 4) is 0 Å². The van der Waals surface area contributed by atoms with Crippen LogP contribution in [0.4, 0.5) is 5.69 Å². The van der Waals surface area contributed by atoms with E-state index in [0.717, 1.165) is 18.8 Å². The van der Waals surface area contributed by atoms with Gasteiger partial charge in [-0.25, -0.2) is 4.68 Å². The van der Waals surface area contributed by atoms with Crippen LogP contribution in [0.5, 0.6) is 0 Å². The van der Waals surface area contributed by atoms with Gasteiger partial charge in [0, 0.05) is 50.0 Å². The average molecular weight is 333 g/mol. The standard InChI is InChI=1S/C16H17ClN4O2/c1-19-15(22)6-5-14(18-19)16(23)21-9-7-20(8-10-21)13-4-2-3-12(17)11-13/h2-6,11H,7-10H2,1H3. The quantitative estimate of drug-likeness (QED) is 0.834. The van der Waals surface area contributed by atoms with Gasteiger partial charge in [-0.3, -0.25) is 9.59 Å². The molecule has 1 amide bonds. The Balaban J connectivity index is 1.67. The summed E-state index contributed by atoms with van der Waals surface area (Å²) >= 11 is 6.02. The molecule has 3 rings (SSSR count). The Bertz CT molecular complexity index is 782. The molecule has 0 unspecified atom stereocenters. The van der Waals surface area contributed by atoms with Crippen molar-refractivity contribution in [1.82, 2.24) is 14.7 Å². The summed E-state index contributed by atoms with van der Waals surface area (Å²) in [7, 11) is 1.54. The number of amides is 1. The Labute approximate surface area is 138 Å². The number of anilines is 1. The lowest BCUT2D eigenvalue weighted by molar-refractivity contribution is 0.0738. The minimum Gasteiger partial charge on any atom is -0.368 e. The fourth-order valence-electron chi connectivity index (χ4n) is 2.62. The van der Waals surface area contributed by atoms with E-state index in [1.54, 1.807) is 4.90 Å². The molecular formula is C16H17ClN4O2. The predicted octanol–water partition coefficient (Wildman–Crippen LogP) is 1.40. The molecule has 0 bridgehead atoms. The maximum absolute atomic E-state index is 12.5. The van der Waals surface area contributed by atoms with Gasteiger partial charge >= 0.3 is 0 Å². The van der Waals surface area contributed by atoms with Crippen LogP contribution in [0.2, 0.25) is 5.02 Å². The minimum atomic E-state index is -0.229. The molecule has 120 valence electrons. The van der Waals surface area contributed by atoms with E-state index in [9.17, 15) is 9.59 Å². The number of nitrogens with zero attached hydrogens (tertiary/aromatic N) is 4. The van der Waals surface area contributed by atoms with E-state index in [0.29, 0.717) is 23.8 Å². The van der Waals surface area contributed by atoms with Crippen molar-refractivity contribution in [1.29, 1.82) is 0 Å². The van der Waals surface area contributed by atoms with Crippen molar-refractivity contribution in [2.75, 3.05) is 31.1 Å². The largest absolute Gasteiger partial charge is 0.368 e. The van der Waals surface area contributed by atoms with E-state index < -0.39 is 0 Å². The minimum absolute atomic E-state index is 0.147. The number of aryl methyl sites for hydroxylation is 1. The zero-order chi connectivity index (χ0) is 16.4. The van der Waals surface area contributed by atoms with Gasteiger partial charge in [0.1, 0.15) is 5.69 Å². The van der Waals surface area contributed by atoms with Crippen molar-refractivity contribution in [3.05, 3.63) is 57.5 Å². The third-order valence-corrected chi connectivity index (χ3v) is 4.15. The van der Waals surface area contributed by atoms with Crippen molar-refractivity contribution in [2.45, 2.75) is 0 Å². The Morgan fingerprint density at radius 1 is 1.13 bits per heavy atom. The molecule has 2 aromatic rings. The first-order valence-electron chi connectivity index (χ1n) is 7.39. The highest BCUT2D eigenvalue weighted by Crippen LogP contribution is 2.21. The highest BCUT2D eigenvalue weighted by Gasteiger charge is 2.23. The first-order chi connectivity index (χ1) is 11.0. The number of rotatable bonds is 2. The molecule has 2 heterocycles. The number of halogens is 1. The van der Waals surface area contributed by atoms with Gasteiger partial charge in [0.05, 0.1) is 0 Å². The molecule has 1 aromatic heterocycles. The Kier molecular flexibility index (Phi) is 4.34. The summed E-state index contributed by atoms with van der Waals surface area (Å²) in [5, 5.41) is 4.72. The number of hydrogen-bond donors (Lipinski definition) is 0. The Morgan fingerprint density at radius 3 is 2.52 bits per heavy atom. The van der Waals surface area contributed by atoms with Crippen LogP contribution in [0, 0.1) is 0 Å². The lowest BCUT2D eigenvalue weighted by Gasteiger charge is -2.36. The first kappa shape index (κ1) is 15.6. The molecule has 0 saturated carbocycles. The van der Waals surface area contributed by atoms with E-state index in [2.05, 4.69) is 10.00 Å². The number of hydrogen-bond acceptors (Lipinski definition) is 4. The lowest BCUT2D eigenvalue weighted by atomic mass is 10.2. The van der Waals surface area contributed by atoms with Gasteiger partial charge in [0.25, 0.3) is 11.5 Å². The third kappa shape index (κ3) is 3.37. The molecule has 0 spiro atoms. The molecule has 0 radical (unpaired) electrons. The number of benzene rings is 1. The maximum atomic E-state index is 12.5. The summed E-state index contributed by atoms with van der Waals surface area (Å²) in [5.41, 5.74) is 1.13. The topological polar surface area (TPSA) is 58.4 Å². The van der Waals surface area contributed by atoms with Crippen molar-refractivity contribution < 1.29 is 4.79 Å². The van der Waals surface area contributed by atoms with Crippen molar-refractivity contribution in [3.63, 3.8) is 0 Å². The second-order valence-corrected chi connectivity index (χ2v) is 5.88. The molecule has 0 N–H and O–H groups in total. The van der Waals surface area contributed by atoms with Crippen LogP contribution in [0.25, 0.3) is 0 Å². The fourth-order valence-corrected chi connectivity index (χ4v) is 2.80. The van der Waals surface area contributed by atoms with Crippen LogP contribution in [-0.4, -0.2) is 46.8 Å². The van der Waals surface area contributed by atoms with Gasteiger partial charge < -0.3 is 9.80 Å². The van der Waals surface area contributed by atoms with E-state index in [1.807, 2.05) is 24.3 Å². The Morgan fingerprint density at radius 2 is 1.87 bits per heavy atom. The maximum Gasteiger partial charge on any atom is 0.274 e. The summed E-state index contributed by atoms with van der Waals surface area (Å²) < 4.78 is 1.18. The number of piperazine rings is 1. The van der Waals surface area contributed by atoms with Gasteiger partial charge in [-0.05, 0) is 24.3 Å². The predicted molar refractivity (Wildman–Crippen MR) is 89.0 cm³/mol. The average Bonchev–Trinajstić information content (AvgIpc) is 2.57. The van der Waals surface area contributed by atoms with Crippen molar-refractivity contribution in [2.24, 2.45) is 7.05 Å². The smallest absolute Gasteiger partial charge is 0.274 e. The highest BCUT2D eigenvalue weighted by atomic mass is 35.5. The first-order valence-corrected chi connectivity index (χ1v) is 7.76. The SMILES string of the molecule is Cn1nc(C(=O)N2CCN(c3cccc(Cl)c3)CC2)ccc1=O. The number of carbonyl (C=O) groups excluding carboxylic acids is 1.